The summed E-state index contributed by atoms with van der Waals surface area (Å²) in [4.78, 5) is 2.30. The van der Waals surface area contributed by atoms with Crippen LogP contribution in [0.5, 0.6) is 0 Å². The first-order valence-corrected chi connectivity index (χ1v) is 11.9. The fraction of sp³-hybridized carbons (Fsp3) is 0.556. The highest BCUT2D eigenvalue weighted by atomic mass is 32.2. The summed E-state index contributed by atoms with van der Waals surface area (Å²) in [5.74, 6) is 1.64. The third kappa shape index (κ3) is 5.70. The van der Waals surface area contributed by atoms with Gasteiger partial charge in [0.15, 0.2) is 11.0 Å². The van der Waals surface area contributed by atoms with E-state index in [1.54, 1.807) is 11.8 Å². The minimum absolute atomic E-state index is 0.121. The molecule has 0 aliphatic heterocycles. The summed E-state index contributed by atoms with van der Waals surface area (Å²) >= 11 is 1.54. The van der Waals surface area contributed by atoms with Crippen molar-refractivity contribution in [2.24, 2.45) is 0 Å². The highest BCUT2D eigenvalue weighted by molar-refractivity contribution is 7.99. The first kappa shape index (κ1) is 21.7. The third-order valence-corrected chi connectivity index (χ3v) is 6.89. The number of hydrogen-bond acceptors (Lipinski definition) is 6. The second-order valence-corrected chi connectivity index (χ2v) is 9.10. The lowest BCUT2D eigenvalue weighted by molar-refractivity contribution is 0.587. The van der Waals surface area contributed by atoms with Gasteiger partial charge in [0, 0.05) is 36.6 Å². The summed E-state index contributed by atoms with van der Waals surface area (Å²) in [5, 5.41) is 9.49. The zero-order valence-corrected chi connectivity index (χ0v) is 18.1. The van der Waals surface area contributed by atoms with Gasteiger partial charge in [-0.15, -0.1) is 10.2 Å². The molecule has 0 aliphatic carbocycles. The summed E-state index contributed by atoms with van der Waals surface area (Å²) < 4.78 is 27.4. The van der Waals surface area contributed by atoms with Crippen LogP contribution in [0.3, 0.4) is 0 Å². The van der Waals surface area contributed by atoms with Crippen molar-refractivity contribution in [1.29, 1.82) is 0 Å². The number of hydrogen-bond donors (Lipinski definition) is 1. The Bertz CT molecular complexity index is 815. The minimum Gasteiger partial charge on any atom is -0.372 e. The van der Waals surface area contributed by atoms with E-state index in [9.17, 15) is 8.42 Å². The molecule has 27 heavy (non-hydrogen) atoms. The van der Waals surface area contributed by atoms with Crippen molar-refractivity contribution in [3.05, 3.63) is 24.3 Å². The maximum absolute atomic E-state index is 11.5. The van der Waals surface area contributed by atoms with Gasteiger partial charge in [-0.05, 0) is 58.5 Å². The van der Waals surface area contributed by atoms with E-state index < -0.39 is 10.0 Å². The van der Waals surface area contributed by atoms with Gasteiger partial charge >= 0.3 is 0 Å². The van der Waals surface area contributed by atoms with Gasteiger partial charge in [0.1, 0.15) is 0 Å². The van der Waals surface area contributed by atoms with Crippen LogP contribution in [0.1, 0.15) is 27.2 Å². The monoisotopic (exact) mass is 411 g/mol. The van der Waals surface area contributed by atoms with Crippen LogP contribution >= 0.6 is 11.8 Å². The standard InChI is InChI=1S/C18H29N5O2S2/c1-5-22(6-2)16-11-9-15(10-12-16)17-20-21-18(23(17)7-3)26-13-8-14-27(24,25)19-4/h9-12,19H,5-8,13-14H2,1-4H3. The maximum Gasteiger partial charge on any atom is 0.211 e. The molecule has 2 rings (SSSR count). The molecule has 9 heteroatoms. The lowest BCUT2D eigenvalue weighted by Crippen LogP contribution is -2.22. The number of aromatic nitrogens is 3. The van der Waals surface area contributed by atoms with E-state index in [1.807, 2.05) is 0 Å². The number of thioether (sulfide) groups is 1. The first-order valence-electron chi connectivity index (χ1n) is 9.28. The van der Waals surface area contributed by atoms with Crippen molar-refractivity contribution in [3.8, 4) is 11.4 Å². The predicted octanol–water partition coefficient (Wildman–Crippen LogP) is 2.84. The van der Waals surface area contributed by atoms with Gasteiger partial charge in [0.25, 0.3) is 0 Å². The molecule has 1 aromatic heterocycles. The zero-order chi connectivity index (χ0) is 19.9. The van der Waals surface area contributed by atoms with Crippen molar-refractivity contribution in [3.63, 3.8) is 0 Å². The molecule has 1 N–H and O–H groups in total. The number of anilines is 1. The minimum atomic E-state index is -3.15. The molecule has 7 nitrogen and oxygen atoms in total. The Kier molecular flexibility index (Phi) is 8.12. The topological polar surface area (TPSA) is 80.1 Å². The van der Waals surface area contributed by atoms with Crippen LogP contribution in [-0.2, 0) is 16.6 Å². The second kappa shape index (κ2) is 10.1. The Labute approximate surface area is 166 Å². The molecule has 1 heterocycles. The summed E-state index contributed by atoms with van der Waals surface area (Å²) in [6.45, 7) is 9.08. The van der Waals surface area contributed by atoms with E-state index in [4.69, 9.17) is 0 Å². The SMILES string of the molecule is CCN(CC)c1ccc(-c2nnc(SCCCS(=O)(=O)NC)n2CC)cc1. The summed E-state index contributed by atoms with van der Waals surface area (Å²) in [7, 11) is -1.71. The fourth-order valence-corrected chi connectivity index (χ4v) is 4.67. The molecule has 0 fully saturated rings. The van der Waals surface area contributed by atoms with Crippen molar-refractivity contribution in [2.45, 2.75) is 38.9 Å². The van der Waals surface area contributed by atoms with Gasteiger partial charge < -0.3 is 9.47 Å². The van der Waals surface area contributed by atoms with Gasteiger partial charge in [0.2, 0.25) is 10.0 Å². The van der Waals surface area contributed by atoms with Crippen molar-refractivity contribution >= 4 is 27.5 Å². The Morgan fingerprint density at radius 1 is 1.11 bits per heavy atom. The molecule has 0 saturated carbocycles. The molecule has 1 aromatic carbocycles. The lowest BCUT2D eigenvalue weighted by atomic mass is 10.2. The highest BCUT2D eigenvalue weighted by Crippen LogP contribution is 2.26. The molecule has 0 aliphatic rings. The molecule has 0 unspecified atom stereocenters. The van der Waals surface area contributed by atoms with Gasteiger partial charge in [-0.1, -0.05) is 11.8 Å². The molecule has 150 valence electrons. The van der Waals surface area contributed by atoms with E-state index in [0.717, 1.165) is 36.2 Å². The number of benzene rings is 1. The van der Waals surface area contributed by atoms with E-state index in [0.29, 0.717) is 12.2 Å². The van der Waals surface area contributed by atoms with Gasteiger partial charge in [-0.25, -0.2) is 13.1 Å². The molecular weight excluding hydrogens is 382 g/mol. The van der Waals surface area contributed by atoms with Crippen LogP contribution in [0.2, 0.25) is 0 Å². The van der Waals surface area contributed by atoms with Gasteiger partial charge in [-0.2, -0.15) is 0 Å². The Morgan fingerprint density at radius 3 is 2.33 bits per heavy atom. The van der Waals surface area contributed by atoms with E-state index in [2.05, 4.69) is 69.4 Å². The molecule has 0 bridgehead atoms. The number of nitrogens with one attached hydrogen (secondary N) is 1. The van der Waals surface area contributed by atoms with Gasteiger partial charge in [-0.3, -0.25) is 0 Å². The summed E-state index contributed by atoms with van der Waals surface area (Å²) in [5.41, 5.74) is 2.23. The Balaban J connectivity index is 2.08. The van der Waals surface area contributed by atoms with Crippen LogP contribution in [-0.4, -0.2) is 54.8 Å². The fourth-order valence-electron chi connectivity index (χ4n) is 2.82. The second-order valence-electron chi connectivity index (χ2n) is 5.99. The van der Waals surface area contributed by atoms with Crippen LogP contribution in [0.4, 0.5) is 5.69 Å². The van der Waals surface area contributed by atoms with Crippen molar-refractivity contribution in [2.75, 3.05) is 36.5 Å². The predicted molar refractivity (Wildman–Crippen MR) is 113 cm³/mol. The molecule has 0 saturated heterocycles. The summed E-state index contributed by atoms with van der Waals surface area (Å²) in [6, 6.07) is 8.40. The average Bonchev–Trinajstić information content (AvgIpc) is 3.09. The van der Waals surface area contributed by atoms with E-state index >= 15 is 0 Å². The molecule has 0 atom stereocenters. The Hall–Kier alpha value is -1.58. The molecule has 0 radical (unpaired) electrons. The van der Waals surface area contributed by atoms with E-state index in [-0.39, 0.29) is 5.75 Å². The van der Waals surface area contributed by atoms with Gasteiger partial charge in [0.05, 0.1) is 5.75 Å². The third-order valence-electron chi connectivity index (χ3n) is 4.39. The molecule has 0 spiro atoms. The molecule has 0 amide bonds. The highest BCUT2D eigenvalue weighted by Gasteiger charge is 2.14. The number of nitrogens with zero attached hydrogens (tertiary/aromatic N) is 4. The molecule has 2 aromatic rings. The number of rotatable bonds is 11. The average molecular weight is 412 g/mol. The maximum atomic E-state index is 11.5. The number of sulfonamides is 1. The first-order chi connectivity index (χ1) is 13.0. The van der Waals surface area contributed by atoms with Crippen molar-refractivity contribution in [1.82, 2.24) is 19.5 Å². The largest absolute Gasteiger partial charge is 0.372 e. The zero-order valence-electron chi connectivity index (χ0n) is 16.5. The normalized spacial score (nSPS) is 11.7. The van der Waals surface area contributed by atoms with Crippen LogP contribution in [0.15, 0.2) is 29.4 Å². The summed E-state index contributed by atoms with van der Waals surface area (Å²) in [6.07, 6.45) is 0.568. The van der Waals surface area contributed by atoms with E-state index in [1.165, 1.54) is 12.7 Å². The smallest absolute Gasteiger partial charge is 0.211 e. The van der Waals surface area contributed by atoms with Crippen molar-refractivity contribution < 1.29 is 8.42 Å². The lowest BCUT2D eigenvalue weighted by Gasteiger charge is -2.21. The Morgan fingerprint density at radius 2 is 1.78 bits per heavy atom. The molecular formula is C18H29N5O2S2. The van der Waals surface area contributed by atoms with Crippen LogP contribution in [0.25, 0.3) is 11.4 Å². The van der Waals surface area contributed by atoms with Crippen LogP contribution < -0.4 is 9.62 Å². The quantitative estimate of drug-likeness (QED) is 0.452. The van der Waals surface area contributed by atoms with Crippen LogP contribution in [0, 0.1) is 0 Å².